The number of nitrogens with zero attached hydrogens (tertiary/aromatic N) is 2. The van der Waals surface area contributed by atoms with Crippen LogP contribution in [0.1, 0.15) is 24.4 Å². The van der Waals surface area contributed by atoms with Crippen molar-refractivity contribution in [2.75, 3.05) is 33.7 Å². The summed E-state index contributed by atoms with van der Waals surface area (Å²) < 4.78 is 0. The molecule has 0 aliphatic carbocycles. The van der Waals surface area contributed by atoms with Crippen molar-refractivity contribution in [1.82, 2.24) is 15.1 Å². The molecule has 0 bridgehead atoms. The molecule has 1 aromatic carbocycles. The van der Waals surface area contributed by atoms with Gasteiger partial charge in [-0.2, -0.15) is 0 Å². The Morgan fingerprint density at radius 3 is 3.04 bits per heavy atom. The van der Waals surface area contributed by atoms with Crippen LogP contribution in [0.15, 0.2) is 36.9 Å². The summed E-state index contributed by atoms with van der Waals surface area (Å²) in [5.74, 6) is 0.383. The van der Waals surface area contributed by atoms with E-state index in [1.807, 2.05) is 18.2 Å². The van der Waals surface area contributed by atoms with Crippen molar-refractivity contribution in [2.45, 2.75) is 18.9 Å². The van der Waals surface area contributed by atoms with E-state index in [9.17, 15) is 4.79 Å². The Bertz CT molecular complexity index is 549. The molecule has 0 spiro atoms. The first-order valence-corrected chi connectivity index (χ1v) is 8.46. The van der Waals surface area contributed by atoms with E-state index in [0.29, 0.717) is 19.0 Å². The zero-order valence-corrected chi connectivity index (χ0v) is 14.7. The Morgan fingerprint density at radius 1 is 1.57 bits per heavy atom. The van der Waals surface area contributed by atoms with Gasteiger partial charge in [0.25, 0.3) is 0 Å². The molecule has 0 saturated carbocycles. The van der Waals surface area contributed by atoms with Gasteiger partial charge in [-0.15, -0.1) is 6.58 Å². The molecule has 0 aromatic heterocycles. The minimum atomic E-state index is -0.0528. The van der Waals surface area contributed by atoms with Gasteiger partial charge in [0, 0.05) is 31.2 Å². The number of carbonyl (C=O) groups excluding carboxylic acids is 1. The number of nitrogens with one attached hydrogen (secondary N) is 1. The molecule has 23 heavy (non-hydrogen) atoms. The maximum atomic E-state index is 12.1. The first kappa shape index (κ1) is 17.8. The van der Waals surface area contributed by atoms with Crippen LogP contribution in [0.5, 0.6) is 0 Å². The van der Waals surface area contributed by atoms with Gasteiger partial charge in [-0.05, 0) is 50.0 Å². The summed E-state index contributed by atoms with van der Waals surface area (Å²) in [5, 5.41) is 3.81. The van der Waals surface area contributed by atoms with E-state index in [2.05, 4.69) is 29.9 Å². The summed E-state index contributed by atoms with van der Waals surface area (Å²) >= 11 is 6.16. The second kappa shape index (κ2) is 8.37. The highest BCUT2D eigenvalue weighted by molar-refractivity contribution is 6.30. The number of likely N-dealkylation sites (N-methyl/N-ethyl adjacent to an activating group) is 1. The fourth-order valence-electron chi connectivity index (χ4n) is 3.32. The van der Waals surface area contributed by atoms with Crippen LogP contribution in [0.3, 0.4) is 0 Å². The molecule has 1 fully saturated rings. The van der Waals surface area contributed by atoms with Crippen molar-refractivity contribution >= 4 is 17.6 Å². The highest BCUT2D eigenvalue weighted by Crippen LogP contribution is 2.35. The number of likely N-dealkylation sites (tertiary alicyclic amines) is 1. The molecule has 2 amide bonds. The highest BCUT2D eigenvalue weighted by Gasteiger charge is 2.31. The first-order chi connectivity index (χ1) is 11.0. The van der Waals surface area contributed by atoms with E-state index >= 15 is 0 Å². The molecule has 126 valence electrons. The highest BCUT2D eigenvalue weighted by atomic mass is 35.5. The van der Waals surface area contributed by atoms with Crippen molar-refractivity contribution in [3.8, 4) is 0 Å². The number of amides is 2. The SMILES string of the molecule is C=CCN(C)C(=O)NC[C@@H]1CCCN(C)[C@H]1c1cccc(Cl)c1. The number of piperidine rings is 1. The van der Waals surface area contributed by atoms with E-state index < -0.39 is 0 Å². The third-order valence-electron chi connectivity index (χ3n) is 4.46. The quantitative estimate of drug-likeness (QED) is 0.835. The molecule has 2 rings (SSSR count). The molecule has 1 N–H and O–H groups in total. The lowest BCUT2D eigenvalue weighted by Gasteiger charge is -2.40. The van der Waals surface area contributed by atoms with E-state index in [-0.39, 0.29) is 12.1 Å². The lowest BCUT2D eigenvalue weighted by molar-refractivity contribution is 0.119. The Kier molecular flexibility index (Phi) is 6.48. The molecule has 4 nitrogen and oxygen atoms in total. The van der Waals surface area contributed by atoms with Crippen molar-refractivity contribution in [3.63, 3.8) is 0 Å². The zero-order valence-electron chi connectivity index (χ0n) is 14.0. The summed E-state index contributed by atoms with van der Waals surface area (Å²) in [7, 11) is 3.92. The molecule has 1 saturated heterocycles. The number of urea groups is 1. The Labute approximate surface area is 144 Å². The normalized spacial score (nSPS) is 21.7. The lowest BCUT2D eigenvalue weighted by atomic mass is 9.85. The topological polar surface area (TPSA) is 35.6 Å². The number of hydrogen-bond donors (Lipinski definition) is 1. The molecule has 1 aliphatic heterocycles. The zero-order chi connectivity index (χ0) is 16.8. The summed E-state index contributed by atoms with van der Waals surface area (Å²) in [6, 6.07) is 8.28. The Morgan fingerprint density at radius 2 is 2.35 bits per heavy atom. The van der Waals surface area contributed by atoms with Gasteiger partial charge in [0.05, 0.1) is 0 Å². The van der Waals surface area contributed by atoms with Gasteiger partial charge in [0.2, 0.25) is 0 Å². The average molecular weight is 336 g/mol. The third kappa shape index (κ3) is 4.72. The average Bonchev–Trinajstić information content (AvgIpc) is 2.52. The van der Waals surface area contributed by atoms with Gasteiger partial charge < -0.3 is 10.2 Å². The number of carbonyl (C=O) groups is 1. The number of hydrogen-bond acceptors (Lipinski definition) is 2. The van der Waals surface area contributed by atoms with Crippen molar-refractivity contribution < 1.29 is 4.79 Å². The van der Waals surface area contributed by atoms with Gasteiger partial charge in [0.15, 0.2) is 0 Å². The number of halogens is 1. The predicted molar refractivity (Wildman–Crippen MR) is 95.8 cm³/mol. The second-order valence-corrected chi connectivity index (χ2v) is 6.67. The summed E-state index contributed by atoms with van der Waals surface area (Å²) in [5.41, 5.74) is 1.22. The fraction of sp³-hybridized carbons (Fsp3) is 0.500. The van der Waals surface area contributed by atoms with E-state index in [1.54, 1.807) is 18.0 Å². The lowest BCUT2D eigenvalue weighted by Crippen LogP contribution is -2.44. The molecular formula is C18H26ClN3O. The molecular weight excluding hydrogens is 310 g/mol. The maximum absolute atomic E-state index is 12.1. The Hall–Kier alpha value is -1.52. The van der Waals surface area contributed by atoms with Crippen LogP contribution >= 0.6 is 11.6 Å². The van der Waals surface area contributed by atoms with Gasteiger partial charge >= 0.3 is 6.03 Å². The van der Waals surface area contributed by atoms with Gasteiger partial charge in [-0.25, -0.2) is 4.79 Å². The van der Waals surface area contributed by atoms with Crippen LogP contribution in [0.2, 0.25) is 5.02 Å². The first-order valence-electron chi connectivity index (χ1n) is 8.08. The minimum Gasteiger partial charge on any atom is -0.338 e. The number of benzene rings is 1. The van der Waals surface area contributed by atoms with Crippen molar-refractivity contribution in [1.29, 1.82) is 0 Å². The molecule has 1 aliphatic rings. The minimum absolute atomic E-state index is 0.0528. The summed E-state index contributed by atoms with van der Waals surface area (Å²) in [4.78, 5) is 16.1. The molecule has 1 aromatic rings. The van der Waals surface area contributed by atoms with Crippen molar-refractivity contribution in [2.24, 2.45) is 5.92 Å². The van der Waals surface area contributed by atoms with Crippen LogP contribution in [0, 0.1) is 5.92 Å². The third-order valence-corrected chi connectivity index (χ3v) is 4.70. The van der Waals surface area contributed by atoms with E-state index in [1.165, 1.54) is 5.56 Å². The van der Waals surface area contributed by atoms with Crippen LogP contribution in [0.25, 0.3) is 0 Å². The van der Waals surface area contributed by atoms with Crippen molar-refractivity contribution in [3.05, 3.63) is 47.5 Å². The number of rotatable bonds is 5. The fourth-order valence-corrected chi connectivity index (χ4v) is 3.52. The summed E-state index contributed by atoms with van der Waals surface area (Å²) in [6.07, 6.45) is 3.98. The summed E-state index contributed by atoms with van der Waals surface area (Å²) in [6.45, 7) is 5.95. The van der Waals surface area contributed by atoms with Crippen LogP contribution in [-0.4, -0.2) is 49.6 Å². The monoisotopic (exact) mass is 335 g/mol. The largest absolute Gasteiger partial charge is 0.338 e. The predicted octanol–water partition coefficient (Wildman–Crippen LogP) is 3.55. The molecule has 1 heterocycles. The second-order valence-electron chi connectivity index (χ2n) is 6.24. The van der Waals surface area contributed by atoms with Gasteiger partial charge in [-0.1, -0.05) is 29.8 Å². The smallest absolute Gasteiger partial charge is 0.317 e. The van der Waals surface area contributed by atoms with E-state index in [4.69, 9.17) is 11.6 Å². The standard InChI is InChI=1S/C18H26ClN3O/c1-4-10-22(3)18(23)20-13-15-8-6-11-21(2)17(15)14-7-5-9-16(19)12-14/h4-5,7,9,12,15,17H,1,6,8,10-11,13H2,2-3H3,(H,20,23)/t15-,17-/m0/s1. The molecule has 5 heteroatoms. The van der Waals surface area contributed by atoms with Crippen LogP contribution < -0.4 is 5.32 Å². The molecule has 0 radical (unpaired) electrons. The van der Waals surface area contributed by atoms with E-state index in [0.717, 1.165) is 24.4 Å². The maximum Gasteiger partial charge on any atom is 0.317 e. The van der Waals surface area contributed by atoms with Crippen LogP contribution in [0.4, 0.5) is 4.79 Å². The van der Waals surface area contributed by atoms with Gasteiger partial charge in [0.1, 0.15) is 0 Å². The molecule has 2 atom stereocenters. The van der Waals surface area contributed by atoms with Gasteiger partial charge in [-0.3, -0.25) is 4.90 Å². The van der Waals surface area contributed by atoms with Crippen LogP contribution in [-0.2, 0) is 0 Å². The Balaban J connectivity index is 2.06. The molecule has 0 unspecified atom stereocenters.